The molecule has 1 aliphatic rings. The van der Waals surface area contributed by atoms with Gasteiger partial charge in [-0.05, 0) is 36.5 Å². The van der Waals surface area contributed by atoms with E-state index in [4.69, 9.17) is 0 Å². The third-order valence-electron chi connectivity index (χ3n) is 4.04. The summed E-state index contributed by atoms with van der Waals surface area (Å²) in [5.41, 5.74) is 3.83. The van der Waals surface area contributed by atoms with Crippen molar-refractivity contribution in [1.29, 1.82) is 0 Å². The van der Waals surface area contributed by atoms with Gasteiger partial charge in [0.1, 0.15) is 17.8 Å². The lowest BCUT2D eigenvalue weighted by Gasteiger charge is -2.26. The van der Waals surface area contributed by atoms with E-state index in [2.05, 4.69) is 44.5 Å². The fourth-order valence-electron chi connectivity index (χ4n) is 3.00. The fourth-order valence-corrected chi connectivity index (χ4v) is 3.00. The van der Waals surface area contributed by atoms with Crippen LogP contribution in [0.25, 0.3) is 11.0 Å². The molecule has 0 saturated carbocycles. The van der Waals surface area contributed by atoms with Gasteiger partial charge in [-0.25, -0.2) is 9.97 Å². The van der Waals surface area contributed by atoms with Crippen molar-refractivity contribution in [3.05, 3.63) is 54.0 Å². The lowest BCUT2D eigenvalue weighted by molar-refractivity contribution is 0.609. The lowest BCUT2D eigenvalue weighted by Crippen LogP contribution is -2.27. The molecule has 0 bridgehead atoms. The summed E-state index contributed by atoms with van der Waals surface area (Å²) in [6, 6.07) is 11.2. The second kappa shape index (κ2) is 5.74. The molecule has 0 aliphatic heterocycles. The van der Waals surface area contributed by atoms with Crippen molar-refractivity contribution in [2.45, 2.75) is 25.3 Å². The number of hydrogen-bond donors (Lipinski definition) is 2. The smallest absolute Gasteiger partial charge is 0.142 e. The zero-order chi connectivity index (χ0) is 13.4. The Balaban J connectivity index is 0.00000132. The van der Waals surface area contributed by atoms with Gasteiger partial charge in [0.15, 0.2) is 0 Å². The normalized spacial score (nSPS) is 17.0. The molecule has 4 rings (SSSR count). The van der Waals surface area contributed by atoms with E-state index in [9.17, 15) is 0 Å². The molecule has 2 aromatic heterocycles. The molecule has 1 atom stereocenters. The van der Waals surface area contributed by atoms with Crippen LogP contribution in [0.2, 0.25) is 0 Å². The average molecular weight is 301 g/mol. The van der Waals surface area contributed by atoms with Crippen LogP contribution in [0.5, 0.6) is 0 Å². The quantitative estimate of drug-likeness (QED) is 0.763. The average Bonchev–Trinajstić information content (AvgIpc) is 2.97. The van der Waals surface area contributed by atoms with E-state index in [1.54, 1.807) is 6.33 Å². The van der Waals surface area contributed by atoms with Crippen LogP contribution < -0.4 is 5.32 Å². The molecule has 1 aromatic carbocycles. The number of rotatable bonds is 2. The van der Waals surface area contributed by atoms with Gasteiger partial charge in [-0.2, -0.15) is 0 Å². The summed E-state index contributed by atoms with van der Waals surface area (Å²) in [4.78, 5) is 11.7. The van der Waals surface area contributed by atoms with Gasteiger partial charge in [0.25, 0.3) is 0 Å². The molecule has 3 aromatic rings. The summed E-state index contributed by atoms with van der Waals surface area (Å²) in [5.74, 6) is 0.931. The van der Waals surface area contributed by atoms with Crippen molar-refractivity contribution < 1.29 is 0 Å². The molecule has 21 heavy (non-hydrogen) atoms. The highest BCUT2D eigenvalue weighted by Crippen LogP contribution is 2.25. The number of halogens is 1. The number of nitrogens with one attached hydrogen (secondary N) is 2. The first kappa shape index (κ1) is 13.9. The number of hydrogen-bond acceptors (Lipinski definition) is 3. The summed E-state index contributed by atoms with van der Waals surface area (Å²) in [7, 11) is 0. The van der Waals surface area contributed by atoms with Gasteiger partial charge in [-0.15, -0.1) is 12.4 Å². The highest BCUT2D eigenvalue weighted by atomic mass is 35.5. The summed E-state index contributed by atoms with van der Waals surface area (Å²) < 4.78 is 0. The summed E-state index contributed by atoms with van der Waals surface area (Å²) in [5, 5.41) is 4.64. The van der Waals surface area contributed by atoms with Gasteiger partial charge in [0.2, 0.25) is 0 Å². The molecule has 0 spiro atoms. The molecular formula is C16H17ClN4. The molecule has 0 fully saturated rings. The summed E-state index contributed by atoms with van der Waals surface area (Å²) in [6.45, 7) is 0. The van der Waals surface area contributed by atoms with Crippen LogP contribution in [0.4, 0.5) is 5.82 Å². The van der Waals surface area contributed by atoms with Crippen LogP contribution in [0.1, 0.15) is 17.5 Å². The molecule has 1 aliphatic carbocycles. The number of aryl methyl sites for hydroxylation is 1. The molecule has 0 amide bonds. The predicted molar refractivity (Wildman–Crippen MR) is 87.0 cm³/mol. The van der Waals surface area contributed by atoms with E-state index in [0.717, 1.165) is 36.1 Å². The van der Waals surface area contributed by atoms with E-state index in [1.807, 2.05) is 12.3 Å². The van der Waals surface area contributed by atoms with Crippen molar-refractivity contribution in [1.82, 2.24) is 15.0 Å². The minimum atomic E-state index is 0. The Bertz CT molecular complexity index is 753. The van der Waals surface area contributed by atoms with Crippen molar-refractivity contribution in [3.63, 3.8) is 0 Å². The van der Waals surface area contributed by atoms with Crippen LogP contribution in [-0.4, -0.2) is 21.0 Å². The van der Waals surface area contributed by atoms with Crippen LogP contribution in [0, 0.1) is 0 Å². The van der Waals surface area contributed by atoms with Gasteiger partial charge in [0.05, 0.1) is 5.39 Å². The van der Waals surface area contributed by atoms with Gasteiger partial charge in [-0.1, -0.05) is 24.3 Å². The second-order valence-electron chi connectivity index (χ2n) is 5.31. The Morgan fingerprint density at radius 3 is 2.86 bits per heavy atom. The fraction of sp³-hybridized carbons (Fsp3) is 0.250. The van der Waals surface area contributed by atoms with Crippen LogP contribution in [-0.2, 0) is 12.8 Å². The molecule has 0 radical (unpaired) electrons. The summed E-state index contributed by atoms with van der Waals surface area (Å²) in [6.07, 6.45) is 6.85. The Morgan fingerprint density at radius 2 is 1.95 bits per heavy atom. The molecule has 5 heteroatoms. The number of benzene rings is 1. The Labute approximate surface area is 129 Å². The van der Waals surface area contributed by atoms with Crippen LogP contribution in [0.15, 0.2) is 42.9 Å². The standard InChI is InChI=1S/C16H16N4.ClH/c1-2-4-12-9-13(6-5-11(12)3-1)20-16-14-7-8-17-15(14)18-10-19-16;/h1-4,7-8,10,13H,5-6,9H2,(H2,17,18,19,20);1H. The van der Waals surface area contributed by atoms with Crippen LogP contribution in [0.3, 0.4) is 0 Å². The van der Waals surface area contributed by atoms with E-state index in [0.29, 0.717) is 6.04 Å². The molecule has 2 heterocycles. The summed E-state index contributed by atoms with van der Waals surface area (Å²) >= 11 is 0. The van der Waals surface area contributed by atoms with Crippen molar-refractivity contribution in [2.75, 3.05) is 5.32 Å². The largest absolute Gasteiger partial charge is 0.366 e. The van der Waals surface area contributed by atoms with Crippen molar-refractivity contribution >= 4 is 29.3 Å². The van der Waals surface area contributed by atoms with E-state index in [1.165, 1.54) is 11.1 Å². The zero-order valence-corrected chi connectivity index (χ0v) is 12.4. The first-order chi connectivity index (χ1) is 9.90. The molecule has 1 unspecified atom stereocenters. The highest BCUT2D eigenvalue weighted by molar-refractivity contribution is 5.86. The Morgan fingerprint density at radius 1 is 1.10 bits per heavy atom. The number of anilines is 1. The van der Waals surface area contributed by atoms with E-state index in [-0.39, 0.29) is 12.4 Å². The minimum absolute atomic E-state index is 0. The Kier molecular flexibility index (Phi) is 3.80. The van der Waals surface area contributed by atoms with E-state index >= 15 is 0 Å². The third-order valence-corrected chi connectivity index (χ3v) is 4.04. The van der Waals surface area contributed by atoms with E-state index < -0.39 is 0 Å². The molecular weight excluding hydrogens is 284 g/mol. The number of aromatic nitrogens is 3. The van der Waals surface area contributed by atoms with Gasteiger partial charge in [0, 0.05) is 12.2 Å². The maximum absolute atomic E-state index is 4.39. The molecule has 2 N–H and O–H groups in total. The van der Waals surface area contributed by atoms with Crippen molar-refractivity contribution in [3.8, 4) is 0 Å². The molecule has 4 nitrogen and oxygen atoms in total. The zero-order valence-electron chi connectivity index (χ0n) is 11.5. The first-order valence-corrected chi connectivity index (χ1v) is 7.01. The maximum atomic E-state index is 4.39. The van der Waals surface area contributed by atoms with Gasteiger partial charge < -0.3 is 10.3 Å². The van der Waals surface area contributed by atoms with Crippen LogP contribution >= 0.6 is 12.4 Å². The maximum Gasteiger partial charge on any atom is 0.142 e. The second-order valence-corrected chi connectivity index (χ2v) is 5.31. The van der Waals surface area contributed by atoms with Gasteiger partial charge >= 0.3 is 0 Å². The number of fused-ring (bicyclic) bond motifs is 2. The van der Waals surface area contributed by atoms with Crippen molar-refractivity contribution in [2.24, 2.45) is 0 Å². The lowest BCUT2D eigenvalue weighted by atomic mass is 9.88. The monoisotopic (exact) mass is 300 g/mol. The highest BCUT2D eigenvalue weighted by Gasteiger charge is 2.19. The topological polar surface area (TPSA) is 53.6 Å². The minimum Gasteiger partial charge on any atom is -0.366 e. The number of nitrogens with zero attached hydrogens (tertiary/aromatic N) is 2. The SMILES string of the molecule is Cl.c1ccc2c(c1)CCC(Nc1ncnc3[nH]ccc13)C2. The predicted octanol–water partition coefficient (Wildman–Crippen LogP) is 3.35. The number of H-pyrrole nitrogens is 1. The molecule has 108 valence electrons. The Hall–Kier alpha value is -2.07. The van der Waals surface area contributed by atoms with Gasteiger partial charge in [-0.3, -0.25) is 0 Å². The first-order valence-electron chi connectivity index (χ1n) is 7.01. The third kappa shape index (κ3) is 2.59. The number of aromatic amines is 1. The molecule has 0 saturated heterocycles.